The first kappa shape index (κ1) is 18.3. The van der Waals surface area contributed by atoms with Gasteiger partial charge in [-0.15, -0.1) is 0 Å². The average molecular weight is 481 g/mol. The summed E-state index contributed by atoms with van der Waals surface area (Å²) in [5, 5.41) is 7.12. The Kier molecular flexibility index (Phi) is 5.16. The fourth-order valence-corrected chi connectivity index (χ4v) is 3.45. The highest BCUT2D eigenvalue weighted by Gasteiger charge is 2.13. The molecular formula is C21H16IN5O. The van der Waals surface area contributed by atoms with E-state index in [1.165, 1.54) is 0 Å². The molecule has 138 valence electrons. The fourth-order valence-electron chi connectivity index (χ4n) is 2.84. The summed E-state index contributed by atoms with van der Waals surface area (Å²) in [5.74, 6) is 0.468. The van der Waals surface area contributed by atoms with E-state index in [1.807, 2.05) is 55.6 Å². The van der Waals surface area contributed by atoms with E-state index in [-0.39, 0.29) is 5.91 Å². The third-order valence-electron chi connectivity index (χ3n) is 4.22. The minimum absolute atomic E-state index is 0.204. The molecule has 1 N–H and O–H groups in total. The van der Waals surface area contributed by atoms with Gasteiger partial charge in [-0.3, -0.25) is 9.78 Å². The Bertz CT molecular complexity index is 1130. The van der Waals surface area contributed by atoms with Crippen LogP contribution in [-0.2, 0) is 0 Å². The number of aryl methyl sites for hydroxylation is 1. The predicted octanol–water partition coefficient (Wildman–Crippen LogP) is 4.49. The summed E-state index contributed by atoms with van der Waals surface area (Å²) in [6.45, 7) is 1.81. The van der Waals surface area contributed by atoms with Gasteiger partial charge in [-0.2, -0.15) is 5.10 Å². The molecule has 4 rings (SSSR count). The number of pyridine rings is 2. The van der Waals surface area contributed by atoms with Crippen molar-refractivity contribution >= 4 is 34.2 Å². The van der Waals surface area contributed by atoms with Crippen molar-refractivity contribution in [1.82, 2.24) is 19.7 Å². The first-order valence-electron chi connectivity index (χ1n) is 8.62. The molecule has 0 saturated heterocycles. The summed E-state index contributed by atoms with van der Waals surface area (Å²) >= 11 is 2.27. The number of amides is 1. The number of halogens is 1. The molecule has 0 aliphatic heterocycles. The smallest absolute Gasteiger partial charge is 0.257 e. The number of carbonyl (C=O) groups is 1. The van der Waals surface area contributed by atoms with E-state index in [0.717, 1.165) is 14.8 Å². The van der Waals surface area contributed by atoms with Crippen LogP contribution >= 0.6 is 22.6 Å². The van der Waals surface area contributed by atoms with Crippen LogP contribution in [-0.4, -0.2) is 25.7 Å². The molecule has 0 radical (unpaired) electrons. The quantitative estimate of drug-likeness (QED) is 0.436. The molecule has 0 bridgehead atoms. The minimum Gasteiger partial charge on any atom is -0.322 e. The molecule has 3 heterocycles. The Hall–Kier alpha value is -3.07. The summed E-state index contributed by atoms with van der Waals surface area (Å²) in [7, 11) is 0. The number of carbonyl (C=O) groups excluding carboxylic acids is 1. The lowest BCUT2D eigenvalue weighted by Gasteiger charge is -2.11. The number of hydrogen-bond acceptors (Lipinski definition) is 4. The number of anilines is 1. The highest BCUT2D eigenvalue weighted by molar-refractivity contribution is 14.1. The predicted molar refractivity (Wildman–Crippen MR) is 116 cm³/mol. The van der Waals surface area contributed by atoms with Crippen molar-refractivity contribution in [2.45, 2.75) is 6.92 Å². The molecule has 1 aromatic carbocycles. The second-order valence-electron chi connectivity index (χ2n) is 6.12. The molecule has 28 heavy (non-hydrogen) atoms. The van der Waals surface area contributed by atoms with Gasteiger partial charge in [0.1, 0.15) is 0 Å². The second kappa shape index (κ2) is 7.89. The SMILES string of the molecule is Cc1nc(-n2cccn2)ccc1C(=O)Nc1ccc(I)c(-c2ccccn2)c1. The zero-order chi connectivity index (χ0) is 19.5. The van der Waals surface area contributed by atoms with Crippen LogP contribution in [0.25, 0.3) is 17.1 Å². The van der Waals surface area contributed by atoms with E-state index < -0.39 is 0 Å². The maximum Gasteiger partial charge on any atom is 0.257 e. The molecule has 0 aliphatic rings. The zero-order valence-electron chi connectivity index (χ0n) is 15.0. The highest BCUT2D eigenvalue weighted by atomic mass is 127. The van der Waals surface area contributed by atoms with Crippen LogP contribution in [0.15, 0.2) is 73.2 Å². The molecule has 3 aromatic heterocycles. The third-order valence-corrected chi connectivity index (χ3v) is 5.16. The Labute approximate surface area is 175 Å². The van der Waals surface area contributed by atoms with E-state index in [2.05, 4.69) is 43.0 Å². The van der Waals surface area contributed by atoms with Crippen LogP contribution in [0.4, 0.5) is 5.69 Å². The number of rotatable bonds is 4. The Balaban J connectivity index is 1.59. The Morgan fingerprint density at radius 1 is 1.07 bits per heavy atom. The van der Waals surface area contributed by atoms with Crippen LogP contribution in [0.2, 0.25) is 0 Å². The lowest BCUT2D eigenvalue weighted by atomic mass is 10.1. The van der Waals surface area contributed by atoms with E-state index in [9.17, 15) is 4.79 Å². The van der Waals surface area contributed by atoms with Crippen molar-refractivity contribution in [1.29, 1.82) is 0 Å². The van der Waals surface area contributed by atoms with Crippen LogP contribution in [0.1, 0.15) is 16.1 Å². The number of hydrogen-bond donors (Lipinski definition) is 1. The van der Waals surface area contributed by atoms with Crippen LogP contribution in [0.3, 0.4) is 0 Å². The van der Waals surface area contributed by atoms with Gasteiger partial charge in [-0.1, -0.05) is 6.07 Å². The molecule has 7 heteroatoms. The van der Waals surface area contributed by atoms with E-state index in [1.54, 1.807) is 29.2 Å². The van der Waals surface area contributed by atoms with E-state index >= 15 is 0 Å². The highest BCUT2D eigenvalue weighted by Crippen LogP contribution is 2.27. The van der Waals surface area contributed by atoms with Crippen molar-refractivity contribution in [3.8, 4) is 17.1 Å². The fraction of sp³-hybridized carbons (Fsp3) is 0.0476. The normalized spacial score (nSPS) is 10.6. The monoisotopic (exact) mass is 481 g/mol. The average Bonchev–Trinajstić information content (AvgIpc) is 3.25. The van der Waals surface area contributed by atoms with Crippen LogP contribution in [0, 0.1) is 10.5 Å². The van der Waals surface area contributed by atoms with Gasteiger partial charge in [-0.25, -0.2) is 9.67 Å². The standard InChI is InChI=1S/C21H16IN5O/c1-14-16(7-9-20(25-14)27-12-4-11-24-27)21(28)26-15-6-8-18(22)17(13-15)19-5-2-3-10-23-19/h2-13H,1H3,(H,26,28). The second-order valence-corrected chi connectivity index (χ2v) is 7.28. The molecule has 0 spiro atoms. The number of nitrogens with zero attached hydrogens (tertiary/aromatic N) is 4. The number of nitrogens with one attached hydrogen (secondary N) is 1. The van der Waals surface area contributed by atoms with E-state index in [4.69, 9.17) is 0 Å². The van der Waals surface area contributed by atoms with Crippen molar-refractivity contribution in [2.24, 2.45) is 0 Å². The molecule has 4 aromatic rings. The van der Waals surface area contributed by atoms with Crippen molar-refractivity contribution < 1.29 is 4.79 Å². The molecule has 6 nitrogen and oxygen atoms in total. The third kappa shape index (κ3) is 3.79. The van der Waals surface area contributed by atoms with Gasteiger partial charge in [0.2, 0.25) is 0 Å². The molecule has 0 saturated carbocycles. The van der Waals surface area contributed by atoms with Gasteiger partial charge >= 0.3 is 0 Å². The molecule has 0 unspecified atom stereocenters. The largest absolute Gasteiger partial charge is 0.322 e. The number of aromatic nitrogens is 4. The van der Waals surface area contributed by atoms with Gasteiger partial charge < -0.3 is 5.32 Å². The summed E-state index contributed by atoms with van der Waals surface area (Å²) in [4.78, 5) is 21.7. The van der Waals surface area contributed by atoms with Gasteiger partial charge in [0.25, 0.3) is 5.91 Å². The van der Waals surface area contributed by atoms with Gasteiger partial charge in [-0.05, 0) is 78.0 Å². The van der Waals surface area contributed by atoms with E-state index in [0.29, 0.717) is 22.8 Å². The Morgan fingerprint density at radius 3 is 2.68 bits per heavy atom. The van der Waals surface area contributed by atoms with Gasteiger partial charge in [0.15, 0.2) is 5.82 Å². The van der Waals surface area contributed by atoms with Gasteiger partial charge in [0.05, 0.1) is 17.0 Å². The van der Waals surface area contributed by atoms with Crippen molar-refractivity contribution in [2.75, 3.05) is 5.32 Å². The molecule has 0 aliphatic carbocycles. The molecule has 1 amide bonds. The topological polar surface area (TPSA) is 72.7 Å². The van der Waals surface area contributed by atoms with Crippen LogP contribution < -0.4 is 5.32 Å². The summed E-state index contributed by atoms with van der Waals surface area (Å²) in [5.41, 5.74) is 3.71. The molecule has 0 atom stereocenters. The lowest BCUT2D eigenvalue weighted by Crippen LogP contribution is -2.15. The lowest BCUT2D eigenvalue weighted by molar-refractivity contribution is 0.102. The maximum absolute atomic E-state index is 12.8. The van der Waals surface area contributed by atoms with Crippen molar-refractivity contribution in [3.63, 3.8) is 0 Å². The minimum atomic E-state index is -0.204. The maximum atomic E-state index is 12.8. The first-order valence-corrected chi connectivity index (χ1v) is 9.69. The van der Waals surface area contributed by atoms with Crippen molar-refractivity contribution in [3.05, 3.63) is 88.0 Å². The van der Waals surface area contributed by atoms with Crippen LogP contribution in [0.5, 0.6) is 0 Å². The van der Waals surface area contributed by atoms with Gasteiger partial charge in [0, 0.05) is 33.4 Å². The summed E-state index contributed by atoms with van der Waals surface area (Å²) < 4.78 is 2.73. The molecular weight excluding hydrogens is 465 g/mol. The zero-order valence-corrected chi connectivity index (χ0v) is 17.2. The Morgan fingerprint density at radius 2 is 1.96 bits per heavy atom. The number of benzene rings is 1. The summed E-state index contributed by atoms with van der Waals surface area (Å²) in [6, 6.07) is 16.9. The molecule has 0 fully saturated rings. The first-order chi connectivity index (χ1) is 13.6. The summed E-state index contributed by atoms with van der Waals surface area (Å²) in [6.07, 6.45) is 5.26.